The first kappa shape index (κ1) is 15.9. The summed E-state index contributed by atoms with van der Waals surface area (Å²) < 4.78 is 0. The van der Waals surface area contributed by atoms with Gasteiger partial charge in [0, 0.05) is 18.7 Å². The fourth-order valence-electron chi connectivity index (χ4n) is 4.10. The SMILES string of the molecule is O=C1C2CC3=C(CN2C(=O)N1c1ccccc1)N(Cc1ccccc1)CN3. The number of benzene rings is 2. The zero-order valence-corrected chi connectivity index (χ0v) is 14.8. The molecule has 0 bridgehead atoms. The molecule has 1 atom stereocenters. The number of para-hydroxylation sites is 1. The average Bonchev–Trinajstić information content (AvgIpc) is 3.21. The van der Waals surface area contributed by atoms with Crippen molar-refractivity contribution < 1.29 is 9.59 Å². The molecule has 1 saturated heterocycles. The molecule has 136 valence electrons. The van der Waals surface area contributed by atoms with Gasteiger partial charge in [-0.1, -0.05) is 48.5 Å². The van der Waals surface area contributed by atoms with Gasteiger partial charge in [0.15, 0.2) is 0 Å². The molecule has 3 heterocycles. The van der Waals surface area contributed by atoms with Gasteiger partial charge in [0.2, 0.25) is 0 Å². The maximum absolute atomic E-state index is 13.0. The van der Waals surface area contributed by atoms with Crippen LogP contribution >= 0.6 is 0 Å². The van der Waals surface area contributed by atoms with Crippen LogP contribution in [0.3, 0.4) is 0 Å². The van der Waals surface area contributed by atoms with Gasteiger partial charge in [-0.2, -0.15) is 0 Å². The highest BCUT2D eigenvalue weighted by Gasteiger charge is 2.49. The Kier molecular flexibility index (Phi) is 3.63. The first-order valence-corrected chi connectivity index (χ1v) is 9.17. The van der Waals surface area contributed by atoms with Gasteiger partial charge in [-0.05, 0) is 17.7 Å². The van der Waals surface area contributed by atoms with Crippen LogP contribution in [0.25, 0.3) is 0 Å². The second-order valence-corrected chi connectivity index (χ2v) is 7.08. The molecule has 3 aliphatic heterocycles. The Balaban J connectivity index is 1.40. The first-order chi connectivity index (χ1) is 13.2. The number of fused-ring (bicyclic) bond motifs is 1. The van der Waals surface area contributed by atoms with Crippen molar-refractivity contribution in [2.75, 3.05) is 18.1 Å². The van der Waals surface area contributed by atoms with Crippen molar-refractivity contribution >= 4 is 17.6 Å². The number of rotatable bonds is 3. The van der Waals surface area contributed by atoms with Gasteiger partial charge in [-0.25, -0.2) is 9.69 Å². The summed E-state index contributed by atoms with van der Waals surface area (Å²) in [7, 11) is 0. The van der Waals surface area contributed by atoms with Crippen LogP contribution in [0.4, 0.5) is 10.5 Å². The van der Waals surface area contributed by atoms with Gasteiger partial charge < -0.3 is 15.1 Å². The molecule has 0 aliphatic carbocycles. The first-order valence-electron chi connectivity index (χ1n) is 9.17. The zero-order valence-electron chi connectivity index (χ0n) is 14.8. The lowest BCUT2D eigenvalue weighted by atomic mass is 10.0. The van der Waals surface area contributed by atoms with Crippen LogP contribution in [0.1, 0.15) is 12.0 Å². The number of carbonyl (C=O) groups is 2. The molecule has 1 N–H and O–H groups in total. The molecule has 27 heavy (non-hydrogen) atoms. The van der Waals surface area contributed by atoms with E-state index in [1.54, 1.807) is 17.0 Å². The second kappa shape index (κ2) is 6.16. The van der Waals surface area contributed by atoms with E-state index in [1.165, 1.54) is 10.5 Å². The van der Waals surface area contributed by atoms with E-state index in [-0.39, 0.29) is 11.9 Å². The average molecular weight is 360 g/mol. The third-order valence-electron chi connectivity index (χ3n) is 5.48. The number of carbonyl (C=O) groups excluding carboxylic acids is 2. The van der Waals surface area contributed by atoms with E-state index in [0.717, 1.165) is 17.9 Å². The smallest absolute Gasteiger partial charge is 0.332 e. The lowest BCUT2D eigenvalue weighted by Gasteiger charge is -2.31. The van der Waals surface area contributed by atoms with Gasteiger partial charge in [-0.3, -0.25) is 4.79 Å². The van der Waals surface area contributed by atoms with Gasteiger partial charge >= 0.3 is 6.03 Å². The van der Waals surface area contributed by atoms with Crippen molar-refractivity contribution in [1.82, 2.24) is 15.1 Å². The number of urea groups is 1. The van der Waals surface area contributed by atoms with E-state index >= 15 is 0 Å². The molecule has 3 amide bonds. The minimum atomic E-state index is -0.416. The lowest BCUT2D eigenvalue weighted by Crippen LogP contribution is -2.42. The van der Waals surface area contributed by atoms with E-state index in [1.807, 2.05) is 36.4 Å². The van der Waals surface area contributed by atoms with Crippen molar-refractivity contribution in [3.05, 3.63) is 77.6 Å². The van der Waals surface area contributed by atoms with Crippen LogP contribution in [-0.2, 0) is 11.3 Å². The summed E-state index contributed by atoms with van der Waals surface area (Å²) in [4.78, 5) is 31.2. The van der Waals surface area contributed by atoms with Crippen LogP contribution in [0.15, 0.2) is 72.1 Å². The van der Waals surface area contributed by atoms with E-state index in [9.17, 15) is 9.59 Å². The van der Waals surface area contributed by atoms with E-state index < -0.39 is 6.04 Å². The van der Waals surface area contributed by atoms with Gasteiger partial charge in [-0.15, -0.1) is 0 Å². The predicted octanol–water partition coefficient (Wildman–Crippen LogP) is 2.50. The monoisotopic (exact) mass is 360 g/mol. The Morgan fingerprint density at radius 1 is 0.963 bits per heavy atom. The van der Waals surface area contributed by atoms with Crippen molar-refractivity contribution in [1.29, 1.82) is 0 Å². The molecule has 0 aromatic heterocycles. The highest BCUT2D eigenvalue weighted by Crippen LogP contribution is 2.35. The molecule has 5 rings (SSSR count). The summed E-state index contributed by atoms with van der Waals surface area (Å²) >= 11 is 0. The molecule has 0 radical (unpaired) electrons. The van der Waals surface area contributed by atoms with E-state index in [2.05, 4.69) is 22.3 Å². The van der Waals surface area contributed by atoms with Crippen molar-refractivity contribution in [3.8, 4) is 0 Å². The summed E-state index contributed by atoms with van der Waals surface area (Å²) in [5, 5.41) is 3.43. The van der Waals surface area contributed by atoms with Crippen LogP contribution in [-0.4, -0.2) is 41.0 Å². The topological polar surface area (TPSA) is 55.9 Å². The number of amides is 3. The molecule has 6 nitrogen and oxygen atoms in total. The molecule has 0 saturated carbocycles. The zero-order chi connectivity index (χ0) is 18.4. The Morgan fingerprint density at radius 2 is 1.67 bits per heavy atom. The molecule has 2 aromatic carbocycles. The van der Waals surface area contributed by atoms with E-state index in [4.69, 9.17) is 0 Å². The fourth-order valence-corrected chi connectivity index (χ4v) is 4.10. The Morgan fingerprint density at radius 3 is 2.41 bits per heavy atom. The Bertz CT molecular complexity index is 926. The van der Waals surface area contributed by atoms with Crippen LogP contribution in [0, 0.1) is 0 Å². The normalized spacial score (nSPS) is 21.5. The number of anilines is 1. The summed E-state index contributed by atoms with van der Waals surface area (Å²) in [5.74, 6) is -0.138. The van der Waals surface area contributed by atoms with Crippen molar-refractivity contribution in [3.63, 3.8) is 0 Å². The highest BCUT2D eigenvalue weighted by atomic mass is 16.2. The molecule has 0 spiro atoms. The summed E-state index contributed by atoms with van der Waals surface area (Å²) in [6.07, 6.45) is 0.550. The number of hydrogen-bond donors (Lipinski definition) is 1. The molecular formula is C21H20N4O2. The predicted molar refractivity (Wildman–Crippen MR) is 101 cm³/mol. The Labute approximate surface area is 157 Å². The summed E-state index contributed by atoms with van der Waals surface area (Å²) in [6.45, 7) is 1.97. The molecule has 1 unspecified atom stereocenters. The molecular weight excluding hydrogens is 340 g/mol. The molecule has 3 aliphatic rings. The van der Waals surface area contributed by atoms with Gasteiger partial charge in [0.25, 0.3) is 5.91 Å². The minimum absolute atomic E-state index is 0.138. The number of nitrogens with one attached hydrogen (secondary N) is 1. The third-order valence-corrected chi connectivity index (χ3v) is 5.48. The van der Waals surface area contributed by atoms with Crippen molar-refractivity contribution in [2.45, 2.75) is 19.0 Å². The maximum atomic E-state index is 13.0. The molecule has 1 fully saturated rings. The van der Waals surface area contributed by atoms with Crippen LogP contribution < -0.4 is 10.2 Å². The van der Waals surface area contributed by atoms with Gasteiger partial charge in [0.1, 0.15) is 6.04 Å². The number of hydrogen-bond acceptors (Lipinski definition) is 4. The summed E-state index contributed by atoms with van der Waals surface area (Å²) in [5.41, 5.74) is 4.07. The standard InChI is InChI=1S/C21H20N4O2/c26-20-18-11-17-19(23(14-22-17)12-15-7-3-1-4-8-15)13-24(18)21(27)25(20)16-9-5-2-6-10-16/h1-10,18,22H,11-14H2. The minimum Gasteiger partial charge on any atom is -0.370 e. The summed E-state index contributed by atoms with van der Waals surface area (Å²) in [6, 6.07) is 18.8. The van der Waals surface area contributed by atoms with Gasteiger partial charge in [0.05, 0.1) is 24.6 Å². The second-order valence-electron chi connectivity index (χ2n) is 7.08. The number of nitrogens with zero attached hydrogens (tertiary/aromatic N) is 3. The van der Waals surface area contributed by atoms with E-state index in [0.29, 0.717) is 25.3 Å². The third kappa shape index (κ3) is 2.56. The Hall–Kier alpha value is -3.28. The molecule has 6 heteroatoms. The number of imide groups is 1. The maximum Gasteiger partial charge on any atom is 0.332 e. The lowest BCUT2D eigenvalue weighted by molar-refractivity contribution is -0.119. The van der Waals surface area contributed by atoms with Crippen LogP contribution in [0.2, 0.25) is 0 Å². The molecule has 2 aromatic rings. The fraction of sp³-hybridized carbons (Fsp3) is 0.238. The largest absolute Gasteiger partial charge is 0.370 e. The quantitative estimate of drug-likeness (QED) is 0.855. The highest BCUT2D eigenvalue weighted by molar-refractivity contribution is 6.21. The van der Waals surface area contributed by atoms with Crippen molar-refractivity contribution in [2.24, 2.45) is 0 Å². The van der Waals surface area contributed by atoms with Crippen LogP contribution in [0.5, 0.6) is 0 Å².